The topological polar surface area (TPSA) is 58.6 Å². The van der Waals surface area contributed by atoms with Crippen LogP contribution in [0.4, 0.5) is 0 Å². The Morgan fingerprint density at radius 2 is 1.75 bits per heavy atom. The molecule has 1 unspecified atom stereocenters. The summed E-state index contributed by atoms with van der Waals surface area (Å²) in [6.45, 7) is 2.14. The number of amides is 2. The molecule has 1 atom stereocenters. The van der Waals surface area contributed by atoms with Crippen LogP contribution >= 0.6 is 34.2 Å². The van der Waals surface area contributed by atoms with E-state index in [1.807, 2.05) is 43.3 Å². The molecule has 0 spiro atoms. The van der Waals surface area contributed by atoms with Gasteiger partial charge >= 0.3 is 0 Å². The fraction of sp³-hybridized carbons (Fsp3) is 0.440. The number of hydrogen-bond acceptors (Lipinski definition) is 3. The van der Waals surface area contributed by atoms with Crippen LogP contribution in [0.5, 0.6) is 5.75 Å². The first kappa shape index (κ1) is 24.8. The van der Waals surface area contributed by atoms with Crippen molar-refractivity contribution in [3.63, 3.8) is 0 Å². The maximum atomic E-state index is 13.2. The van der Waals surface area contributed by atoms with Gasteiger partial charge in [-0.2, -0.15) is 0 Å². The maximum absolute atomic E-state index is 13.2. The van der Waals surface area contributed by atoms with Gasteiger partial charge in [-0.25, -0.2) is 0 Å². The van der Waals surface area contributed by atoms with E-state index in [9.17, 15) is 9.59 Å². The molecule has 0 heterocycles. The zero-order chi connectivity index (χ0) is 22.9. The molecule has 1 aliphatic rings. The number of benzene rings is 2. The highest BCUT2D eigenvalue weighted by Crippen LogP contribution is 2.20. The predicted molar refractivity (Wildman–Crippen MR) is 136 cm³/mol. The van der Waals surface area contributed by atoms with E-state index < -0.39 is 6.04 Å². The van der Waals surface area contributed by atoms with Crippen molar-refractivity contribution in [2.75, 3.05) is 6.61 Å². The first-order valence-corrected chi connectivity index (χ1v) is 12.6. The van der Waals surface area contributed by atoms with Crippen molar-refractivity contribution in [1.29, 1.82) is 0 Å². The molecule has 0 radical (unpaired) electrons. The quantitative estimate of drug-likeness (QED) is 0.402. The minimum atomic E-state index is -0.555. The van der Waals surface area contributed by atoms with E-state index in [0.29, 0.717) is 23.7 Å². The zero-order valence-electron chi connectivity index (χ0n) is 18.4. The second-order valence-corrected chi connectivity index (χ2v) is 9.84. The van der Waals surface area contributed by atoms with Crippen molar-refractivity contribution in [1.82, 2.24) is 10.2 Å². The SMILES string of the molecule is CCC(C(=O)NC1CCCCC1)N(Cc1ccc(Cl)cc1)C(=O)COc1ccc(I)cc1. The van der Waals surface area contributed by atoms with Crippen LogP contribution in [-0.2, 0) is 16.1 Å². The van der Waals surface area contributed by atoms with Crippen LogP contribution in [-0.4, -0.2) is 35.4 Å². The van der Waals surface area contributed by atoms with Crippen LogP contribution in [0.25, 0.3) is 0 Å². The molecule has 2 amide bonds. The summed E-state index contributed by atoms with van der Waals surface area (Å²) >= 11 is 8.25. The Hall–Kier alpha value is -1.80. The molecule has 1 saturated carbocycles. The minimum absolute atomic E-state index is 0.0871. The zero-order valence-corrected chi connectivity index (χ0v) is 21.3. The van der Waals surface area contributed by atoms with Crippen LogP contribution in [0.3, 0.4) is 0 Å². The van der Waals surface area contributed by atoms with Gasteiger partial charge in [0.2, 0.25) is 5.91 Å². The normalized spacial score (nSPS) is 15.1. The molecule has 1 N–H and O–H groups in total. The summed E-state index contributed by atoms with van der Waals surface area (Å²) in [6, 6.07) is 14.5. The van der Waals surface area contributed by atoms with Crippen LogP contribution in [0.15, 0.2) is 48.5 Å². The molecule has 1 aliphatic carbocycles. The second-order valence-electron chi connectivity index (χ2n) is 8.16. The van der Waals surface area contributed by atoms with Gasteiger partial charge in [-0.05, 0) is 83.8 Å². The monoisotopic (exact) mass is 568 g/mol. The summed E-state index contributed by atoms with van der Waals surface area (Å²) in [6.07, 6.45) is 6.03. The number of carbonyl (C=O) groups is 2. The van der Waals surface area contributed by atoms with Crippen molar-refractivity contribution in [2.24, 2.45) is 0 Å². The van der Waals surface area contributed by atoms with Gasteiger partial charge in [-0.3, -0.25) is 9.59 Å². The average molecular weight is 569 g/mol. The van der Waals surface area contributed by atoms with Crippen molar-refractivity contribution in [3.8, 4) is 5.75 Å². The average Bonchev–Trinajstić information content (AvgIpc) is 2.80. The fourth-order valence-corrected chi connectivity index (χ4v) is 4.49. The van der Waals surface area contributed by atoms with E-state index in [4.69, 9.17) is 16.3 Å². The molecule has 5 nitrogen and oxygen atoms in total. The lowest BCUT2D eigenvalue weighted by atomic mass is 9.95. The van der Waals surface area contributed by atoms with Crippen LogP contribution in [0.2, 0.25) is 5.02 Å². The fourth-order valence-electron chi connectivity index (χ4n) is 4.01. The summed E-state index contributed by atoms with van der Waals surface area (Å²) < 4.78 is 6.83. The lowest BCUT2D eigenvalue weighted by Gasteiger charge is -2.32. The first-order valence-electron chi connectivity index (χ1n) is 11.2. The molecule has 2 aromatic carbocycles. The van der Waals surface area contributed by atoms with Crippen molar-refractivity contribution < 1.29 is 14.3 Å². The third kappa shape index (κ3) is 7.37. The number of hydrogen-bond donors (Lipinski definition) is 1. The van der Waals surface area contributed by atoms with Gasteiger partial charge in [-0.15, -0.1) is 0 Å². The highest BCUT2D eigenvalue weighted by molar-refractivity contribution is 14.1. The molecule has 0 aromatic heterocycles. The number of ether oxygens (including phenoxy) is 1. The Kier molecular flexibility index (Phi) is 9.66. The lowest BCUT2D eigenvalue weighted by molar-refractivity contribution is -0.143. The van der Waals surface area contributed by atoms with E-state index in [2.05, 4.69) is 27.9 Å². The molecule has 7 heteroatoms. The van der Waals surface area contributed by atoms with Crippen molar-refractivity contribution in [3.05, 3.63) is 62.7 Å². The summed E-state index contributed by atoms with van der Waals surface area (Å²) in [4.78, 5) is 28.1. The van der Waals surface area contributed by atoms with Gasteiger partial charge < -0.3 is 15.0 Å². The minimum Gasteiger partial charge on any atom is -0.484 e. The molecule has 3 rings (SSSR count). The van der Waals surface area contributed by atoms with Crippen LogP contribution in [0, 0.1) is 3.57 Å². The Morgan fingerprint density at radius 1 is 1.09 bits per heavy atom. The molecule has 0 aliphatic heterocycles. The largest absolute Gasteiger partial charge is 0.484 e. The molecule has 2 aromatic rings. The number of rotatable bonds is 9. The molecule has 32 heavy (non-hydrogen) atoms. The van der Waals surface area contributed by atoms with Gasteiger partial charge in [0.15, 0.2) is 6.61 Å². The summed E-state index contributed by atoms with van der Waals surface area (Å²) in [5, 5.41) is 3.82. The van der Waals surface area contributed by atoms with E-state index >= 15 is 0 Å². The Morgan fingerprint density at radius 3 is 2.38 bits per heavy atom. The van der Waals surface area contributed by atoms with E-state index in [-0.39, 0.29) is 24.5 Å². The molecule has 0 saturated heterocycles. The summed E-state index contributed by atoms with van der Waals surface area (Å²) in [5.74, 6) is 0.324. The number of nitrogens with zero attached hydrogens (tertiary/aromatic N) is 1. The van der Waals surface area contributed by atoms with Crippen molar-refractivity contribution >= 4 is 46.0 Å². The predicted octanol–water partition coefficient (Wildman–Crippen LogP) is 5.58. The highest BCUT2D eigenvalue weighted by Gasteiger charge is 2.30. The Bertz CT molecular complexity index is 883. The molecule has 172 valence electrons. The third-order valence-corrected chi connectivity index (χ3v) is 6.75. The third-order valence-electron chi connectivity index (χ3n) is 5.78. The van der Waals surface area contributed by atoms with Gasteiger partial charge in [0, 0.05) is 21.2 Å². The van der Waals surface area contributed by atoms with Crippen molar-refractivity contribution in [2.45, 2.75) is 64.1 Å². The van der Waals surface area contributed by atoms with Gasteiger partial charge in [0.1, 0.15) is 11.8 Å². The maximum Gasteiger partial charge on any atom is 0.261 e. The van der Waals surface area contributed by atoms with Crippen LogP contribution in [0.1, 0.15) is 51.0 Å². The van der Waals surface area contributed by atoms with Gasteiger partial charge in [-0.1, -0.05) is 49.9 Å². The Labute approximate surface area is 209 Å². The van der Waals surface area contributed by atoms with Gasteiger partial charge in [0.25, 0.3) is 5.91 Å². The molecule has 0 bridgehead atoms. The number of halogens is 2. The standard InChI is InChI=1S/C25H30ClIN2O3/c1-2-23(25(31)28-21-6-4-3-5-7-21)29(16-18-8-10-19(26)11-9-18)24(30)17-32-22-14-12-20(27)13-15-22/h8-15,21,23H,2-7,16-17H2,1H3,(H,28,31). The Balaban J connectivity index is 1.73. The molecular formula is C25H30ClIN2O3. The van der Waals surface area contributed by atoms with E-state index in [1.54, 1.807) is 17.0 Å². The molecule has 1 fully saturated rings. The van der Waals surface area contributed by atoms with E-state index in [0.717, 1.165) is 34.8 Å². The number of carbonyl (C=O) groups excluding carboxylic acids is 2. The number of nitrogens with one attached hydrogen (secondary N) is 1. The lowest BCUT2D eigenvalue weighted by Crippen LogP contribution is -2.52. The van der Waals surface area contributed by atoms with Crippen LogP contribution < -0.4 is 10.1 Å². The summed E-state index contributed by atoms with van der Waals surface area (Å²) in [5.41, 5.74) is 0.918. The van der Waals surface area contributed by atoms with E-state index in [1.165, 1.54) is 6.42 Å². The van der Waals surface area contributed by atoms with Gasteiger partial charge in [0.05, 0.1) is 0 Å². The highest BCUT2D eigenvalue weighted by atomic mass is 127. The second kappa shape index (κ2) is 12.4. The summed E-state index contributed by atoms with van der Waals surface area (Å²) in [7, 11) is 0. The molecular weight excluding hydrogens is 539 g/mol. The smallest absolute Gasteiger partial charge is 0.261 e. The first-order chi connectivity index (χ1) is 15.5.